The van der Waals surface area contributed by atoms with Gasteiger partial charge in [0, 0.05) is 31.3 Å². The van der Waals surface area contributed by atoms with Gasteiger partial charge in [-0.25, -0.2) is 13.4 Å². The number of ether oxygens (including phenoxy) is 2. The van der Waals surface area contributed by atoms with Crippen LogP contribution < -0.4 is 15.4 Å². The van der Waals surface area contributed by atoms with Crippen molar-refractivity contribution in [1.82, 2.24) is 10.6 Å². The Hall–Kier alpha value is -2.58. The highest BCUT2D eigenvalue weighted by Crippen LogP contribution is 2.23. The molecule has 7 nitrogen and oxygen atoms in total. The van der Waals surface area contributed by atoms with Crippen molar-refractivity contribution in [3.63, 3.8) is 0 Å². The number of rotatable bonds is 8. The Morgan fingerprint density at radius 1 is 1.19 bits per heavy atom. The van der Waals surface area contributed by atoms with Gasteiger partial charge in [-0.2, -0.15) is 0 Å². The van der Waals surface area contributed by atoms with Crippen molar-refractivity contribution in [2.75, 3.05) is 26.0 Å². The van der Waals surface area contributed by atoms with Crippen molar-refractivity contribution in [1.29, 1.82) is 0 Å². The van der Waals surface area contributed by atoms with Crippen molar-refractivity contribution in [2.45, 2.75) is 44.4 Å². The maximum Gasteiger partial charge on any atom is 0.191 e. The van der Waals surface area contributed by atoms with E-state index in [0.29, 0.717) is 30.6 Å². The summed E-state index contributed by atoms with van der Waals surface area (Å²) in [6.07, 6.45) is 2.21. The van der Waals surface area contributed by atoms with E-state index < -0.39 is 9.84 Å². The maximum absolute atomic E-state index is 11.6. The lowest BCUT2D eigenvalue weighted by atomic mass is 10.1. The number of aliphatic imine (C=N–C) groups is 1. The molecule has 0 spiro atoms. The van der Waals surface area contributed by atoms with Crippen LogP contribution in [0.4, 0.5) is 0 Å². The first-order valence-electron chi connectivity index (χ1n) is 10.5. The molecule has 2 N–H and O–H groups in total. The largest absolute Gasteiger partial charge is 0.488 e. The van der Waals surface area contributed by atoms with Gasteiger partial charge in [0.1, 0.15) is 11.9 Å². The molecule has 0 aliphatic carbocycles. The second-order valence-corrected chi connectivity index (χ2v) is 9.70. The van der Waals surface area contributed by atoms with E-state index in [1.807, 2.05) is 6.92 Å². The lowest BCUT2D eigenvalue weighted by Crippen LogP contribution is -2.37. The number of benzene rings is 2. The van der Waals surface area contributed by atoms with Crippen molar-refractivity contribution in [3.8, 4) is 5.75 Å². The number of hydrogen-bond acceptors (Lipinski definition) is 5. The van der Waals surface area contributed by atoms with Crippen molar-refractivity contribution >= 4 is 15.8 Å². The first-order chi connectivity index (χ1) is 14.8. The fraction of sp³-hybridized carbons (Fsp3) is 0.435. The Bertz CT molecular complexity index is 998. The molecular formula is C23H31N3O4S. The molecule has 31 heavy (non-hydrogen) atoms. The molecule has 2 aromatic carbocycles. The Morgan fingerprint density at radius 2 is 1.97 bits per heavy atom. The van der Waals surface area contributed by atoms with Gasteiger partial charge in [-0.1, -0.05) is 24.3 Å². The minimum Gasteiger partial charge on any atom is -0.488 e. The number of nitrogens with one attached hydrogen (secondary N) is 2. The van der Waals surface area contributed by atoms with Crippen LogP contribution in [0.1, 0.15) is 30.0 Å². The van der Waals surface area contributed by atoms with E-state index in [0.717, 1.165) is 42.0 Å². The van der Waals surface area contributed by atoms with Crippen LogP contribution >= 0.6 is 0 Å². The van der Waals surface area contributed by atoms with Gasteiger partial charge in [0.05, 0.1) is 24.7 Å². The standard InChI is InChI=1S/C23H31N3O4S/c1-4-24-23(25-14-18-6-9-21(10-7-18)31(3,27)28)26-15-19-8-5-17(2)13-22(19)30-20-11-12-29-16-20/h5-10,13,20H,4,11-12,14-16H2,1-3H3,(H2,24,25,26). The van der Waals surface area contributed by atoms with Crippen LogP contribution in [0.15, 0.2) is 52.4 Å². The van der Waals surface area contributed by atoms with Crippen LogP contribution in [0.3, 0.4) is 0 Å². The molecule has 1 heterocycles. The first-order valence-corrected chi connectivity index (χ1v) is 12.4. The second-order valence-electron chi connectivity index (χ2n) is 7.68. The number of aryl methyl sites for hydroxylation is 1. The van der Waals surface area contributed by atoms with E-state index in [1.54, 1.807) is 24.3 Å². The van der Waals surface area contributed by atoms with E-state index in [2.05, 4.69) is 40.7 Å². The molecule has 0 radical (unpaired) electrons. The third kappa shape index (κ3) is 6.97. The molecule has 168 valence electrons. The predicted molar refractivity (Wildman–Crippen MR) is 122 cm³/mol. The molecule has 1 saturated heterocycles. The molecule has 2 aromatic rings. The van der Waals surface area contributed by atoms with Gasteiger partial charge in [-0.05, 0) is 43.2 Å². The van der Waals surface area contributed by atoms with Gasteiger partial charge in [-0.3, -0.25) is 0 Å². The Morgan fingerprint density at radius 3 is 2.61 bits per heavy atom. The number of sulfone groups is 1. The van der Waals surface area contributed by atoms with Crippen LogP contribution in [0.2, 0.25) is 0 Å². The maximum atomic E-state index is 11.6. The fourth-order valence-electron chi connectivity index (χ4n) is 3.24. The number of guanidine groups is 1. The molecule has 8 heteroatoms. The highest BCUT2D eigenvalue weighted by Gasteiger charge is 2.18. The highest BCUT2D eigenvalue weighted by molar-refractivity contribution is 7.90. The second kappa shape index (κ2) is 10.6. The molecule has 1 aliphatic heterocycles. The summed E-state index contributed by atoms with van der Waals surface area (Å²) < 4.78 is 34.8. The van der Waals surface area contributed by atoms with Crippen molar-refractivity contribution in [3.05, 3.63) is 59.2 Å². The van der Waals surface area contributed by atoms with E-state index in [4.69, 9.17) is 9.47 Å². The number of nitrogens with zero attached hydrogens (tertiary/aromatic N) is 1. The molecular weight excluding hydrogens is 414 g/mol. The van der Waals surface area contributed by atoms with Gasteiger partial charge < -0.3 is 20.1 Å². The van der Waals surface area contributed by atoms with E-state index >= 15 is 0 Å². The predicted octanol–water partition coefficient (Wildman–Crippen LogP) is 2.82. The zero-order chi connectivity index (χ0) is 22.3. The van der Waals surface area contributed by atoms with Gasteiger partial charge in [0.2, 0.25) is 0 Å². The SMILES string of the molecule is CCNC(=NCc1ccc(S(C)(=O)=O)cc1)NCc1ccc(C)cc1OC1CCOC1. The average molecular weight is 446 g/mol. The van der Waals surface area contributed by atoms with Gasteiger partial charge in [-0.15, -0.1) is 0 Å². The minimum absolute atomic E-state index is 0.0948. The summed E-state index contributed by atoms with van der Waals surface area (Å²) in [7, 11) is -3.20. The summed E-state index contributed by atoms with van der Waals surface area (Å²) in [4.78, 5) is 4.94. The van der Waals surface area contributed by atoms with Gasteiger partial charge in [0.25, 0.3) is 0 Å². The zero-order valence-electron chi connectivity index (χ0n) is 18.3. The fourth-order valence-corrected chi connectivity index (χ4v) is 3.87. The quantitative estimate of drug-likeness (QED) is 0.480. The molecule has 1 unspecified atom stereocenters. The molecule has 0 amide bonds. The van der Waals surface area contributed by atoms with Crippen LogP contribution in [-0.2, 0) is 27.7 Å². The van der Waals surface area contributed by atoms with Gasteiger partial charge >= 0.3 is 0 Å². The van der Waals surface area contributed by atoms with Crippen LogP contribution in [0.5, 0.6) is 5.75 Å². The van der Waals surface area contributed by atoms with Crippen molar-refractivity contribution in [2.24, 2.45) is 4.99 Å². The summed E-state index contributed by atoms with van der Waals surface area (Å²) in [5.74, 6) is 1.56. The minimum atomic E-state index is -3.20. The van der Waals surface area contributed by atoms with Crippen LogP contribution in [0, 0.1) is 6.92 Å². The van der Waals surface area contributed by atoms with E-state index in [1.165, 1.54) is 6.26 Å². The van der Waals surface area contributed by atoms with Gasteiger partial charge in [0.15, 0.2) is 15.8 Å². The lowest BCUT2D eigenvalue weighted by molar-refractivity contribution is 0.140. The Labute approximate surface area is 184 Å². The molecule has 0 aromatic heterocycles. The van der Waals surface area contributed by atoms with Crippen LogP contribution in [0.25, 0.3) is 0 Å². The van der Waals surface area contributed by atoms with E-state index in [-0.39, 0.29) is 6.10 Å². The van der Waals surface area contributed by atoms with Crippen LogP contribution in [-0.4, -0.2) is 46.5 Å². The smallest absolute Gasteiger partial charge is 0.191 e. The lowest BCUT2D eigenvalue weighted by Gasteiger charge is -2.18. The highest BCUT2D eigenvalue weighted by atomic mass is 32.2. The summed E-state index contributed by atoms with van der Waals surface area (Å²) in [6.45, 7) is 7.18. The summed E-state index contributed by atoms with van der Waals surface area (Å²) in [5, 5.41) is 6.60. The molecule has 1 fully saturated rings. The third-order valence-corrected chi connectivity index (χ3v) is 6.09. The average Bonchev–Trinajstić information content (AvgIpc) is 3.24. The summed E-state index contributed by atoms with van der Waals surface area (Å²) >= 11 is 0. The number of hydrogen-bond donors (Lipinski definition) is 2. The molecule has 0 saturated carbocycles. The molecule has 1 aliphatic rings. The summed E-state index contributed by atoms with van der Waals surface area (Å²) in [6, 6.07) is 13.0. The molecule has 1 atom stereocenters. The van der Waals surface area contributed by atoms with Crippen molar-refractivity contribution < 1.29 is 17.9 Å². The Kier molecular flexibility index (Phi) is 7.92. The first kappa shape index (κ1) is 23.1. The topological polar surface area (TPSA) is 89.0 Å². The molecule has 0 bridgehead atoms. The Balaban J connectivity index is 1.66. The zero-order valence-corrected chi connectivity index (χ0v) is 19.2. The van der Waals surface area contributed by atoms with E-state index in [9.17, 15) is 8.42 Å². The normalized spacial score (nSPS) is 16.9. The monoisotopic (exact) mass is 445 g/mol. The molecule has 3 rings (SSSR count). The third-order valence-electron chi connectivity index (χ3n) is 4.97. The summed E-state index contributed by atoms with van der Waals surface area (Å²) in [5.41, 5.74) is 3.14.